The highest BCUT2D eigenvalue weighted by Gasteiger charge is 2.17. The van der Waals surface area contributed by atoms with Gasteiger partial charge >= 0.3 is 5.97 Å². The Labute approximate surface area is 207 Å². The molecule has 0 fully saturated rings. The van der Waals surface area contributed by atoms with Crippen molar-refractivity contribution in [2.45, 2.75) is 13.8 Å². The summed E-state index contributed by atoms with van der Waals surface area (Å²) in [7, 11) is 4.40. The summed E-state index contributed by atoms with van der Waals surface area (Å²) in [6.07, 6.45) is 1.43. The normalized spacial score (nSPS) is 10.8. The molecule has 11 nitrogen and oxygen atoms in total. The first-order valence-electron chi connectivity index (χ1n) is 10.7. The van der Waals surface area contributed by atoms with Crippen molar-refractivity contribution in [3.8, 4) is 29.3 Å². The summed E-state index contributed by atoms with van der Waals surface area (Å²) < 4.78 is 22.3. The molecule has 0 aliphatic heterocycles. The molecule has 0 saturated carbocycles. The van der Waals surface area contributed by atoms with Crippen molar-refractivity contribution in [1.29, 1.82) is 5.26 Å². The van der Waals surface area contributed by atoms with Gasteiger partial charge in [-0.05, 0) is 55.8 Å². The van der Waals surface area contributed by atoms with E-state index in [0.717, 1.165) is 22.8 Å². The summed E-state index contributed by atoms with van der Waals surface area (Å²) in [5.74, 6) is -0.641. The minimum absolute atomic E-state index is 0.0886. The van der Waals surface area contributed by atoms with Gasteiger partial charge in [-0.25, -0.2) is 4.79 Å². The number of aromatic nitrogens is 3. The standard InChI is InChI=1S/C25H25N5O6/c1-15-10-17(16(2)30(15)19-6-8-20(33-3)9-7-19)11-18(13-26)24(32)36-14-21(31)27-25-28-22(34-4)12-23(29-25)35-5/h6-12H,14H2,1-5H3,(H,27,28,29,31)/b18-11+. The SMILES string of the molecule is COc1ccc(-n2c(C)cc(/C=C(\C#N)C(=O)OCC(=O)Nc3nc(OC)cc(OC)n3)c2C)cc1. The van der Waals surface area contributed by atoms with Crippen LogP contribution in [0, 0.1) is 25.2 Å². The maximum atomic E-state index is 12.5. The molecule has 0 aliphatic rings. The number of nitrogens with one attached hydrogen (secondary N) is 1. The number of hydrogen-bond acceptors (Lipinski definition) is 9. The molecule has 0 unspecified atom stereocenters. The third kappa shape index (κ3) is 5.98. The number of aryl methyl sites for hydroxylation is 1. The van der Waals surface area contributed by atoms with Crippen LogP contribution in [0.15, 0.2) is 42.0 Å². The van der Waals surface area contributed by atoms with Crippen LogP contribution >= 0.6 is 0 Å². The molecule has 0 bridgehead atoms. The Morgan fingerprint density at radius 3 is 2.22 bits per heavy atom. The first-order valence-corrected chi connectivity index (χ1v) is 10.7. The molecular formula is C25H25N5O6. The molecule has 2 aromatic heterocycles. The molecule has 2 heterocycles. The van der Waals surface area contributed by atoms with Gasteiger partial charge in [0.25, 0.3) is 5.91 Å². The molecule has 186 valence electrons. The van der Waals surface area contributed by atoms with E-state index >= 15 is 0 Å². The zero-order chi connectivity index (χ0) is 26.2. The lowest BCUT2D eigenvalue weighted by Crippen LogP contribution is -2.22. The Hall–Kier alpha value is -4.85. The van der Waals surface area contributed by atoms with Gasteiger partial charge in [0.2, 0.25) is 17.7 Å². The van der Waals surface area contributed by atoms with Gasteiger partial charge < -0.3 is 23.5 Å². The fourth-order valence-electron chi connectivity index (χ4n) is 3.39. The highest BCUT2D eigenvalue weighted by Crippen LogP contribution is 2.24. The summed E-state index contributed by atoms with van der Waals surface area (Å²) in [5, 5.41) is 11.9. The second-order valence-corrected chi connectivity index (χ2v) is 7.43. The number of anilines is 1. The fraction of sp³-hybridized carbons (Fsp3) is 0.240. The monoisotopic (exact) mass is 491 g/mol. The first-order chi connectivity index (χ1) is 17.3. The van der Waals surface area contributed by atoms with Crippen molar-refractivity contribution in [1.82, 2.24) is 14.5 Å². The molecule has 0 aliphatic carbocycles. The van der Waals surface area contributed by atoms with E-state index in [4.69, 9.17) is 18.9 Å². The van der Waals surface area contributed by atoms with Crippen LogP contribution in [0.5, 0.6) is 17.5 Å². The van der Waals surface area contributed by atoms with E-state index in [9.17, 15) is 14.9 Å². The molecule has 3 rings (SSSR count). The Morgan fingerprint density at radius 2 is 1.67 bits per heavy atom. The third-order valence-electron chi connectivity index (χ3n) is 5.12. The van der Waals surface area contributed by atoms with Gasteiger partial charge in [0.1, 0.15) is 17.4 Å². The van der Waals surface area contributed by atoms with E-state index in [2.05, 4.69) is 15.3 Å². The maximum Gasteiger partial charge on any atom is 0.349 e. The number of ether oxygens (including phenoxy) is 4. The Morgan fingerprint density at radius 1 is 1.03 bits per heavy atom. The number of methoxy groups -OCH3 is 3. The molecule has 3 aromatic rings. The zero-order valence-corrected chi connectivity index (χ0v) is 20.5. The number of amides is 1. The molecular weight excluding hydrogens is 466 g/mol. The van der Waals surface area contributed by atoms with Crippen molar-refractivity contribution in [2.75, 3.05) is 33.3 Å². The first kappa shape index (κ1) is 25.8. The van der Waals surface area contributed by atoms with Gasteiger partial charge in [0.15, 0.2) is 6.61 Å². The zero-order valence-electron chi connectivity index (χ0n) is 20.5. The average molecular weight is 492 g/mol. The van der Waals surface area contributed by atoms with Gasteiger partial charge in [-0.15, -0.1) is 0 Å². The smallest absolute Gasteiger partial charge is 0.349 e. The quantitative estimate of drug-likeness (QED) is 0.272. The van der Waals surface area contributed by atoms with E-state index in [1.807, 2.05) is 54.8 Å². The van der Waals surface area contributed by atoms with Crippen LogP contribution in [0.2, 0.25) is 0 Å². The van der Waals surface area contributed by atoms with E-state index in [0.29, 0.717) is 5.56 Å². The topological polar surface area (TPSA) is 138 Å². The Bertz CT molecular complexity index is 1320. The molecule has 1 aromatic carbocycles. The summed E-state index contributed by atoms with van der Waals surface area (Å²) in [6, 6.07) is 12.6. The fourth-order valence-corrected chi connectivity index (χ4v) is 3.39. The number of rotatable bonds is 9. The van der Waals surface area contributed by atoms with Crippen LogP contribution in [0.25, 0.3) is 11.8 Å². The average Bonchev–Trinajstić information content (AvgIpc) is 3.17. The molecule has 0 atom stereocenters. The lowest BCUT2D eigenvalue weighted by atomic mass is 10.1. The van der Waals surface area contributed by atoms with E-state index in [1.165, 1.54) is 26.4 Å². The van der Waals surface area contributed by atoms with Crippen LogP contribution in [-0.4, -0.2) is 54.3 Å². The van der Waals surface area contributed by atoms with Gasteiger partial charge in [-0.3, -0.25) is 10.1 Å². The number of nitriles is 1. The summed E-state index contributed by atoms with van der Waals surface area (Å²) >= 11 is 0. The predicted molar refractivity (Wildman–Crippen MR) is 130 cm³/mol. The minimum Gasteiger partial charge on any atom is -0.497 e. The summed E-state index contributed by atoms with van der Waals surface area (Å²) in [5.41, 5.74) is 3.04. The van der Waals surface area contributed by atoms with Gasteiger partial charge in [-0.1, -0.05) is 0 Å². The van der Waals surface area contributed by atoms with Gasteiger partial charge in [-0.2, -0.15) is 15.2 Å². The van der Waals surface area contributed by atoms with Crippen LogP contribution in [0.3, 0.4) is 0 Å². The van der Waals surface area contributed by atoms with Crippen molar-refractivity contribution < 1.29 is 28.5 Å². The van der Waals surface area contributed by atoms with Crippen molar-refractivity contribution in [3.63, 3.8) is 0 Å². The van der Waals surface area contributed by atoms with Crippen molar-refractivity contribution >= 4 is 23.9 Å². The molecule has 0 saturated heterocycles. The van der Waals surface area contributed by atoms with E-state index in [1.54, 1.807) is 7.11 Å². The minimum atomic E-state index is -0.939. The molecule has 0 radical (unpaired) electrons. The number of benzene rings is 1. The number of hydrogen-bond donors (Lipinski definition) is 1. The van der Waals surface area contributed by atoms with Crippen molar-refractivity contribution in [3.05, 3.63) is 58.9 Å². The highest BCUT2D eigenvalue weighted by molar-refractivity contribution is 6.00. The summed E-state index contributed by atoms with van der Waals surface area (Å²) in [4.78, 5) is 32.7. The number of nitrogens with zero attached hydrogens (tertiary/aromatic N) is 4. The molecule has 36 heavy (non-hydrogen) atoms. The highest BCUT2D eigenvalue weighted by atomic mass is 16.5. The van der Waals surface area contributed by atoms with Gasteiger partial charge in [0.05, 0.1) is 27.4 Å². The second-order valence-electron chi connectivity index (χ2n) is 7.43. The Kier molecular flexibility index (Phi) is 8.25. The largest absolute Gasteiger partial charge is 0.497 e. The lowest BCUT2D eigenvalue weighted by molar-refractivity contribution is -0.142. The number of carbonyl (C=O) groups is 2. The molecule has 1 amide bonds. The van der Waals surface area contributed by atoms with E-state index in [-0.39, 0.29) is 23.3 Å². The number of esters is 1. The molecule has 11 heteroatoms. The van der Waals surface area contributed by atoms with E-state index < -0.39 is 18.5 Å². The second kappa shape index (κ2) is 11.5. The van der Waals surface area contributed by atoms with Crippen LogP contribution in [-0.2, 0) is 14.3 Å². The lowest BCUT2D eigenvalue weighted by Gasteiger charge is -2.10. The van der Waals surface area contributed by atoms with Crippen molar-refractivity contribution in [2.24, 2.45) is 0 Å². The molecule has 1 N–H and O–H groups in total. The predicted octanol–water partition coefficient (Wildman–Crippen LogP) is 3.00. The third-order valence-corrected chi connectivity index (χ3v) is 5.12. The number of carbonyl (C=O) groups excluding carboxylic acids is 2. The van der Waals surface area contributed by atoms with Crippen LogP contribution in [0.4, 0.5) is 5.95 Å². The Balaban J connectivity index is 1.71. The molecule has 0 spiro atoms. The summed E-state index contributed by atoms with van der Waals surface area (Å²) in [6.45, 7) is 3.14. The van der Waals surface area contributed by atoms with Gasteiger partial charge in [0, 0.05) is 17.1 Å². The van der Waals surface area contributed by atoms with Crippen LogP contribution < -0.4 is 19.5 Å². The van der Waals surface area contributed by atoms with Crippen LogP contribution in [0.1, 0.15) is 17.0 Å². The maximum absolute atomic E-state index is 12.5.